The van der Waals surface area contributed by atoms with Crippen molar-refractivity contribution in [3.8, 4) is 5.75 Å². The molecule has 6 heteroatoms. The van der Waals surface area contributed by atoms with E-state index in [1.165, 1.54) is 6.21 Å². The fraction of sp³-hybridized carbons (Fsp3) is 0.176. The van der Waals surface area contributed by atoms with E-state index in [1.54, 1.807) is 31.4 Å². The molecule has 0 aliphatic rings. The van der Waals surface area contributed by atoms with Crippen LogP contribution in [-0.4, -0.2) is 25.8 Å². The van der Waals surface area contributed by atoms with Crippen molar-refractivity contribution < 1.29 is 14.4 Å². The Labute approximate surface area is 139 Å². The van der Waals surface area contributed by atoms with Gasteiger partial charge in [-0.2, -0.15) is 0 Å². The lowest BCUT2D eigenvalue weighted by Gasteiger charge is -2.08. The van der Waals surface area contributed by atoms with Crippen LogP contribution >= 0.6 is 11.6 Å². The number of oxime groups is 1. The van der Waals surface area contributed by atoms with E-state index in [4.69, 9.17) is 21.2 Å². The first-order chi connectivity index (χ1) is 11.2. The molecule has 0 radical (unpaired) electrons. The topological polar surface area (TPSA) is 59.9 Å². The highest BCUT2D eigenvalue weighted by molar-refractivity contribution is 6.30. The Hall–Kier alpha value is -2.53. The van der Waals surface area contributed by atoms with Crippen LogP contribution in [0.1, 0.15) is 11.1 Å². The van der Waals surface area contributed by atoms with Crippen molar-refractivity contribution in [1.82, 2.24) is 5.32 Å². The van der Waals surface area contributed by atoms with Crippen molar-refractivity contribution in [3.63, 3.8) is 0 Å². The number of carbonyl (C=O) groups excluding carboxylic acids is 1. The SMILES string of the molecule is COc1ccccc1CNC(=O)CO/N=C\c1ccc(Cl)cc1. The van der Waals surface area contributed by atoms with Gasteiger partial charge in [-0.05, 0) is 23.8 Å². The molecular formula is C17H17ClN2O3. The van der Waals surface area contributed by atoms with E-state index in [-0.39, 0.29) is 12.5 Å². The molecular weight excluding hydrogens is 316 g/mol. The predicted octanol–water partition coefficient (Wildman–Crippen LogP) is 3.02. The minimum atomic E-state index is -0.260. The van der Waals surface area contributed by atoms with E-state index in [0.717, 1.165) is 16.9 Å². The van der Waals surface area contributed by atoms with Gasteiger partial charge >= 0.3 is 0 Å². The number of halogens is 1. The monoisotopic (exact) mass is 332 g/mol. The number of hydrogen-bond donors (Lipinski definition) is 1. The molecule has 2 aromatic rings. The van der Waals surface area contributed by atoms with Crippen LogP contribution in [0.25, 0.3) is 0 Å². The molecule has 5 nitrogen and oxygen atoms in total. The minimum Gasteiger partial charge on any atom is -0.496 e. The van der Waals surface area contributed by atoms with Gasteiger partial charge in [-0.1, -0.05) is 47.1 Å². The van der Waals surface area contributed by atoms with Gasteiger partial charge in [0.2, 0.25) is 0 Å². The zero-order chi connectivity index (χ0) is 16.5. The third-order valence-corrected chi connectivity index (χ3v) is 3.26. The molecule has 2 aromatic carbocycles. The van der Waals surface area contributed by atoms with Crippen molar-refractivity contribution in [3.05, 3.63) is 64.7 Å². The highest BCUT2D eigenvalue weighted by Crippen LogP contribution is 2.16. The molecule has 0 fully saturated rings. The molecule has 2 rings (SSSR count). The number of nitrogens with one attached hydrogen (secondary N) is 1. The van der Waals surface area contributed by atoms with E-state index in [9.17, 15) is 4.79 Å². The first kappa shape index (κ1) is 16.8. The second kappa shape index (κ2) is 8.80. The van der Waals surface area contributed by atoms with Crippen LogP contribution in [-0.2, 0) is 16.2 Å². The molecule has 0 saturated heterocycles. The lowest BCUT2D eigenvalue weighted by molar-refractivity contribution is -0.125. The largest absolute Gasteiger partial charge is 0.496 e. The smallest absolute Gasteiger partial charge is 0.261 e. The molecule has 0 saturated carbocycles. The maximum atomic E-state index is 11.7. The van der Waals surface area contributed by atoms with Crippen LogP contribution in [0.15, 0.2) is 53.7 Å². The number of methoxy groups -OCH3 is 1. The summed E-state index contributed by atoms with van der Waals surface area (Å²) in [5, 5.41) is 7.14. The average molecular weight is 333 g/mol. The van der Waals surface area contributed by atoms with Crippen LogP contribution in [0.5, 0.6) is 5.75 Å². The van der Waals surface area contributed by atoms with Gasteiger partial charge in [0.15, 0.2) is 6.61 Å². The number of para-hydroxylation sites is 1. The molecule has 0 atom stereocenters. The number of benzene rings is 2. The van der Waals surface area contributed by atoms with Gasteiger partial charge in [-0.15, -0.1) is 0 Å². The van der Waals surface area contributed by atoms with Gasteiger partial charge in [-0.3, -0.25) is 4.79 Å². The Balaban J connectivity index is 1.74. The Kier molecular flexibility index (Phi) is 6.44. The minimum absolute atomic E-state index is 0.154. The number of hydrogen-bond acceptors (Lipinski definition) is 4. The average Bonchev–Trinajstić information content (AvgIpc) is 2.58. The summed E-state index contributed by atoms with van der Waals surface area (Å²) in [6.45, 7) is 0.215. The number of amides is 1. The zero-order valence-corrected chi connectivity index (χ0v) is 13.4. The second-order valence-electron chi connectivity index (χ2n) is 4.65. The standard InChI is InChI=1S/C17H17ClN2O3/c1-22-16-5-3-2-4-14(16)11-19-17(21)12-23-20-10-13-6-8-15(18)9-7-13/h2-10H,11-12H2,1H3,(H,19,21)/b20-10-. The Morgan fingerprint density at radius 1 is 1.22 bits per heavy atom. The summed E-state index contributed by atoms with van der Waals surface area (Å²) in [5.41, 5.74) is 1.73. The summed E-state index contributed by atoms with van der Waals surface area (Å²) >= 11 is 5.78. The van der Waals surface area contributed by atoms with Crippen molar-refractivity contribution >= 4 is 23.7 Å². The quantitative estimate of drug-likeness (QED) is 0.626. The summed E-state index contributed by atoms with van der Waals surface area (Å²) < 4.78 is 5.22. The highest BCUT2D eigenvalue weighted by Gasteiger charge is 2.05. The van der Waals surface area contributed by atoms with Crippen LogP contribution in [0.3, 0.4) is 0 Å². The molecule has 1 amide bonds. The summed E-state index contributed by atoms with van der Waals surface area (Å²) in [7, 11) is 1.59. The van der Waals surface area contributed by atoms with Crippen LogP contribution < -0.4 is 10.1 Å². The second-order valence-corrected chi connectivity index (χ2v) is 5.08. The van der Waals surface area contributed by atoms with Crippen LogP contribution in [0.4, 0.5) is 0 Å². The molecule has 0 aliphatic heterocycles. The molecule has 1 N–H and O–H groups in total. The lowest BCUT2D eigenvalue weighted by atomic mass is 10.2. The Morgan fingerprint density at radius 2 is 1.96 bits per heavy atom. The van der Waals surface area contributed by atoms with Gasteiger partial charge in [-0.25, -0.2) is 0 Å². The summed E-state index contributed by atoms with van der Waals surface area (Å²) in [6, 6.07) is 14.6. The Morgan fingerprint density at radius 3 is 2.70 bits per heavy atom. The van der Waals surface area contributed by atoms with Crippen molar-refractivity contribution in [2.75, 3.05) is 13.7 Å². The summed E-state index contributed by atoms with van der Waals surface area (Å²) in [5.74, 6) is 0.471. The van der Waals surface area contributed by atoms with E-state index >= 15 is 0 Å². The first-order valence-corrected chi connectivity index (χ1v) is 7.36. The molecule has 0 bridgehead atoms. The fourth-order valence-corrected chi connectivity index (χ4v) is 1.96. The van der Waals surface area contributed by atoms with Gasteiger partial charge in [0.25, 0.3) is 5.91 Å². The molecule has 0 aromatic heterocycles. The third kappa shape index (κ3) is 5.64. The normalized spacial score (nSPS) is 10.5. The number of nitrogens with zero attached hydrogens (tertiary/aromatic N) is 1. The van der Waals surface area contributed by atoms with Gasteiger partial charge < -0.3 is 14.9 Å². The third-order valence-electron chi connectivity index (χ3n) is 3.01. The fourth-order valence-electron chi connectivity index (χ4n) is 1.84. The number of rotatable bonds is 7. The zero-order valence-electron chi connectivity index (χ0n) is 12.7. The van der Waals surface area contributed by atoms with Gasteiger partial charge in [0, 0.05) is 17.1 Å². The molecule has 120 valence electrons. The molecule has 0 aliphatic carbocycles. The van der Waals surface area contributed by atoms with Gasteiger partial charge in [0.1, 0.15) is 5.75 Å². The maximum Gasteiger partial charge on any atom is 0.261 e. The number of ether oxygens (including phenoxy) is 1. The van der Waals surface area contributed by atoms with Crippen molar-refractivity contribution in [2.45, 2.75) is 6.54 Å². The van der Waals surface area contributed by atoms with E-state index in [1.807, 2.05) is 24.3 Å². The van der Waals surface area contributed by atoms with Crippen LogP contribution in [0.2, 0.25) is 5.02 Å². The summed E-state index contributed by atoms with van der Waals surface area (Å²) in [4.78, 5) is 16.7. The maximum absolute atomic E-state index is 11.7. The first-order valence-electron chi connectivity index (χ1n) is 6.98. The van der Waals surface area contributed by atoms with E-state index in [0.29, 0.717) is 11.6 Å². The van der Waals surface area contributed by atoms with E-state index in [2.05, 4.69) is 10.5 Å². The molecule has 0 heterocycles. The van der Waals surface area contributed by atoms with Gasteiger partial charge in [0.05, 0.1) is 13.3 Å². The number of carbonyl (C=O) groups is 1. The molecule has 0 unspecified atom stereocenters. The highest BCUT2D eigenvalue weighted by atomic mass is 35.5. The lowest BCUT2D eigenvalue weighted by Crippen LogP contribution is -2.26. The molecule has 23 heavy (non-hydrogen) atoms. The van der Waals surface area contributed by atoms with Crippen molar-refractivity contribution in [2.24, 2.45) is 5.16 Å². The summed E-state index contributed by atoms with van der Waals surface area (Å²) in [6.07, 6.45) is 1.52. The molecule has 0 spiro atoms. The van der Waals surface area contributed by atoms with E-state index < -0.39 is 0 Å². The van der Waals surface area contributed by atoms with Crippen molar-refractivity contribution in [1.29, 1.82) is 0 Å². The predicted molar refractivity (Wildman–Crippen MR) is 89.8 cm³/mol. The van der Waals surface area contributed by atoms with Crippen LogP contribution in [0, 0.1) is 0 Å². The Bertz CT molecular complexity index is 672.